The van der Waals surface area contributed by atoms with E-state index in [1.54, 1.807) is 0 Å². The largest absolute Gasteiger partial charge is 0.480 e. The Hall–Kier alpha value is -0.570. The summed E-state index contributed by atoms with van der Waals surface area (Å²) in [7, 11) is 0. The minimum Gasteiger partial charge on any atom is -0.480 e. The van der Waals surface area contributed by atoms with Crippen LogP contribution < -0.4 is 0 Å². The number of hydrogen-bond acceptors (Lipinski definition) is 2. The second kappa shape index (κ2) is 32.0. The smallest absolute Gasteiger partial charge is 0.320 e. The second-order valence-corrected chi connectivity index (χ2v) is 12.5. The van der Waals surface area contributed by atoms with E-state index < -0.39 is 5.97 Å². The first kappa shape index (κ1) is 38.4. The van der Waals surface area contributed by atoms with Crippen LogP contribution in [0.1, 0.15) is 207 Å². The lowest BCUT2D eigenvalue weighted by Gasteiger charge is -2.28. The molecule has 3 heteroatoms. The van der Waals surface area contributed by atoms with Crippen molar-refractivity contribution in [2.45, 2.75) is 213 Å². The predicted octanol–water partition coefficient (Wildman–Crippen LogP) is 12.1. The van der Waals surface area contributed by atoms with Crippen LogP contribution in [0.25, 0.3) is 0 Å². The van der Waals surface area contributed by atoms with Crippen LogP contribution in [0.15, 0.2) is 0 Å². The van der Waals surface area contributed by atoms with Crippen LogP contribution in [0.4, 0.5) is 0 Å². The van der Waals surface area contributed by atoms with Crippen LogP contribution in [0.3, 0.4) is 0 Å². The summed E-state index contributed by atoms with van der Waals surface area (Å²) in [4.78, 5) is 14.1. The number of carbonyl (C=O) groups is 1. The van der Waals surface area contributed by atoms with Gasteiger partial charge in [-0.2, -0.15) is 0 Å². The van der Waals surface area contributed by atoms with E-state index in [1.165, 1.54) is 167 Å². The second-order valence-electron chi connectivity index (χ2n) is 12.5. The molecule has 0 radical (unpaired) electrons. The summed E-state index contributed by atoms with van der Waals surface area (Å²) in [5.74, 6) is -0.631. The number of hydrogen-bond donors (Lipinski definition) is 1. The molecule has 0 aromatic carbocycles. The highest BCUT2D eigenvalue weighted by molar-refractivity contribution is 5.73. The van der Waals surface area contributed by atoms with Crippen LogP contribution in [0.2, 0.25) is 0 Å². The van der Waals surface area contributed by atoms with Gasteiger partial charge in [-0.25, -0.2) is 0 Å². The lowest BCUT2D eigenvalue weighted by Crippen LogP contribution is -2.42. The molecule has 1 atom stereocenters. The van der Waals surface area contributed by atoms with Gasteiger partial charge in [0.25, 0.3) is 0 Å². The molecule has 0 spiro atoms. The van der Waals surface area contributed by atoms with Gasteiger partial charge in [0.2, 0.25) is 0 Å². The minimum atomic E-state index is -0.631. The quantitative estimate of drug-likeness (QED) is 0.0824. The van der Waals surface area contributed by atoms with Crippen molar-refractivity contribution in [1.29, 1.82) is 0 Å². The van der Waals surface area contributed by atoms with E-state index in [-0.39, 0.29) is 6.04 Å². The van der Waals surface area contributed by atoms with Gasteiger partial charge in [0.15, 0.2) is 0 Å². The third-order valence-electron chi connectivity index (χ3n) is 8.71. The van der Waals surface area contributed by atoms with E-state index in [4.69, 9.17) is 0 Å². The zero-order valence-corrected chi connectivity index (χ0v) is 27.3. The number of aliphatic carboxylic acids is 1. The molecule has 0 saturated carbocycles. The molecule has 0 aromatic rings. The number of carboxylic acid groups (broad SMARTS) is 1. The average Bonchev–Trinajstić information content (AvgIpc) is 2.93. The molecule has 0 heterocycles. The van der Waals surface area contributed by atoms with Crippen molar-refractivity contribution >= 4 is 5.97 Å². The molecular formula is C36H73NO2. The minimum absolute atomic E-state index is 0.297. The van der Waals surface area contributed by atoms with Crippen LogP contribution in [0.5, 0.6) is 0 Å². The maximum atomic E-state index is 11.8. The Bertz CT molecular complexity index is 449. The van der Waals surface area contributed by atoms with Crippen LogP contribution >= 0.6 is 0 Å². The highest BCUT2D eigenvalue weighted by Crippen LogP contribution is 2.16. The van der Waals surface area contributed by atoms with E-state index in [0.717, 1.165) is 25.9 Å². The lowest BCUT2D eigenvalue weighted by molar-refractivity contribution is -0.143. The van der Waals surface area contributed by atoms with Crippen molar-refractivity contribution in [2.75, 3.05) is 13.1 Å². The highest BCUT2D eigenvalue weighted by atomic mass is 16.4. The molecule has 0 saturated heterocycles. The summed E-state index contributed by atoms with van der Waals surface area (Å²) < 4.78 is 0. The fourth-order valence-electron chi connectivity index (χ4n) is 6.03. The van der Waals surface area contributed by atoms with Gasteiger partial charge < -0.3 is 5.11 Å². The zero-order chi connectivity index (χ0) is 28.7. The molecule has 1 unspecified atom stereocenters. The van der Waals surface area contributed by atoms with Gasteiger partial charge in [-0.3, -0.25) is 9.69 Å². The summed E-state index contributed by atoms with van der Waals surface area (Å²) in [5.41, 5.74) is 0. The monoisotopic (exact) mass is 552 g/mol. The maximum absolute atomic E-state index is 11.8. The summed E-state index contributed by atoms with van der Waals surface area (Å²) in [6.07, 6.45) is 39.1. The Morgan fingerprint density at radius 1 is 0.436 bits per heavy atom. The first-order valence-corrected chi connectivity index (χ1v) is 18.1. The van der Waals surface area contributed by atoms with Crippen molar-refractivity contribution in [3.63, 3.8) is 0 Å². The van der Waals surface area contributed by atoms with Crippen molar-refractivity contribution in [1.82, 2.24) is 4.90 Å². The number of carboxylic acids is 1. The predicted molar refractivity (Wildman–Crippen MR) is 174 cm³/mol. The summed E-state index contributed by atoms with van der Waals surface area (Å²) in [6, 6.07) is -0.297. The van der Waals surface area contributed by atoms with E-state index >= 15 is 0 Å². The van der Waals surface area contributed by atoms with Crippen LogP contribution in [0, 0.1) is 0 Å². The summed E-state index contributed by atoms with van der Waals surface area (Å²) >= 11 is 0. The van der Waals surface area contributed by atoms with E-state index in [0.29, 0.717) is 6.42 Å². The summed E-state index contributed by atoms with van der Waals surface area (Å²) in [5, 5.41) is 9.73. The van der Waals surface area contributed by atoms with Gasteiger partial charge in [0, 0.05) is 0 Å². The lowest BCUT2D eigenvalue weighted by atomic mass is 10.0. The van der Waals surface area contributed by atoms with Gasteiger partial charge in [-0.05, 0) is 32.4 Å². The van der Waals surface area contributed by atoms with Crippen molar-refractivity contribution in [2.24, 2.45) is 0 Å². The Kier molecular flexibility index (Phi) is 31.5. The standard InChI is InChI=1S/C36H73NO2/c1-4-7-9-11-13-15-17-19-21-23-25-27-29-31-33-37(35(6-3)36(38)39)34-32-30-28-26-24-22-20-18-16-14-12-10-8-5-2/h35H,4-34H2,1-3H3,(H,38,39). The van der Waals surface area contributed by atoms with Gasteiger partial charge in [0.05, 0.1) is 0 Å². The maximum Gasteiger partial charge on any atom is 0.320 e. The third kappa shape index (κ3) is 27.4. The highest BCUT2D eigenvalue weighted by Gasteiger charge is 2.22. The first-order chi connectivity index (χ1) is 19.2. The Morgan fingerprint density at radius 3 is 0.872 bits per heavy atom. The Balaban J connectivity index is 3.75. The molecule has 0 rings (SSSR count). The Morgan fingerprint density at radius 2 is 0.667 bits per heavy atom. The topological polar surface area (TPSA) is 40.5 Å². The fourth-order valence-corrected chi connectivity index (χ4v) is 6.03. The van der Waals surface area contributed by atoms with Gasteiger partial charge in [0.1, 0.15) is 6.04 Å². The molecule has 3 nitrogen and oxygen atoms in total. The molecule has 0 aliphatic rings. The van der Waals surface area contributed by atoms with E-state index in [1.807, 2.05) is 6.92 Å². The first-order valence-electron chi connectivity index (χ1n) is 18.1. The number of unbranched alkanes of at least 4 members (excludes halogenated alkanes) is 26. The molecule has 39 heavy (non-hydrogen) atoms. The Labute approximate surface area is 246 Å². The number of rotatable bonds is 33. The molecule has 0 amide bonds. The van der Waals surface area contributed by atoms with Crippen molar-refractivity contribution in [3.05, 3.63) is 0 Å². The van der Waals surface area contributed by atoms with Gasteiger partial charge in [-0.1, -0.05) is 188 Å². The van der Waals surface area contributed by atoms with Gasteiger partial charge >= 0.3 is 5.97 Å². The van der Waals surface area contributed by atoms with Crippen LogP contribution in [-0.2, 0) is 4.79 Å². The van der Waals surface area contributed by atoms with Crippen molar-refractivity contribution < 1.29 is 9.90 Å². The molecule has 0 aliphatic carbocycles. The zero-order valence-electron chi connectivity index (χ0n) is 27.3. The molecule has 0 bridgehead atoms. The third-order valence-corrected chi connectivity index (χ3v) is 8.71. The SMILES string of the molecule is CCCCCCCCCCCCCCCCN(CCCCCCCCCCCCCCCC)C(CC)C(=O)O. The van der Waals surface area contributed by atoms with E-state index in [2.05, 4.69) is 18.7 Å². The van der Waals surface area contributed by atoms with Crippen LogP contribution in [-0.4, -0.2) is 35.1 Å². The molecule has 0 fully saturated rings. The normalized spacial score (nSPS) is 12.4. The molecule has 234 valence electrons. The fraction of sp³-hybridized carbons (Fsp3) is 0.972. The van der Waals surface area contributed by atoms with Crippen molar-refractivity contribution in [3.8, 4) is 0 Å². The number of nitrogens with zero attached hydrogens (tertiary/aromatic N) is 1. The summed E-state index contributed by atoms with van der Waals surface area (Å²) in [6.45, 7) is 8.52. The molecule has 1 N–H and O–H groups in total. The van der Waals surface area contributed by atoms with Gasteiger partial charge in [-0.15, -0.1) is 0 Å². The molecule has 0 aromatic heterocycles. The van der Waals surface area contributed by atoms with E-state index in [9.17, 15) is 9.90 Å². The average molecular weight is 552 g/mol. The molecular weight excluding hydrogens is 478 g/mol. The molecule has 0 aliphatic heterocycles.